The van der Waals surface area contributed by atoms with E-state index in [2.05, 4.69) is 0 Å². The van der Waals surface area contributed by atoms with E-state index < -0.39 is 20.7 Å². The van der Waals surface area contributed by atoms with E-state index in [4.69, 9.17) is 17.3 Å². The van der Waals surface area contributed by atoms with Gasteiger partial charge in [-0.25, -0.2) is 12.8 Å². The Balaban J connectivity index is 2.50. The van der Waals surface area contributed by atoms with Crippen molar-refractivity contribution in [3.8, 4) is 0 Å². The first-order valence-electron chi connectivity index (χ1n) is 6.10. The predicted molar refractivity (Wildman–Crippen MR) is 73.0 cm³/mol. The van der Waals surface area contributed by atoms with Crippen molar-refractivity contribution in [3.63, 3.8) is 0 Å². The molecule has 7 heteroatoms. The highest BCUT2D eigenvalue weighted by molar-refractivity contribution is 7.89. The minimum absolute atomic E-state index is 0.134. The molecule has 1 aromatic carbocycles. The van der Waals surface area contributed by atoms with Gasteiger partial charge in [0.1, 0.15) is 4.90 Å². The van der Waals surface area contributed by atoms with Gasteiger partial charge in [0.25, 0.3) is 0 Å². The van der Waals surface area contributed by atoms with E-state index in [-0.39, 0.29) is 16.8 Å². The second-order valence-electron chi connectivity index (χ2n) is 4.78. The summed E-state index contributed by atoms with van der Waals surface area (Å²) in [7, 11) is -3.89. The van der Waals surface area contributed by atoms with Gasteiger partial charge in [0.2, 0.25) is 10.0 Å². The molecule has 1 aromatic rings. The van der Waals surface area contributed by atoms with Gasteiger partial charge in [0.15, 0.2) is 5.82 Å². The lowest BCUT2D eigenvalue weighted by molar-refractivity contribution is 0.268. The maximum atomic E-state index is 14.0. The van der Waals surface area contributed by atoms with Gasteiger partial charge in [-0.3, -0.25) is 0 Å². The first-order chi connectivity index (χ1) is 8.84. The molecule has 0 aromatic heterocycles. The Hall–Kier alpha value is -0.850. The lowest BCUT2D eigenvalue weighted by atomic mass is 10.1. The summed E-state index contributed by atoms with van der Waals surface area (Å²) >= 11 is 5.66. The van der Waals surface area contributed by atoms with Gasteiger partial charge in [-0.05, 0) is 31.9 Å². The number of sulfonamides is 1. The number of benzene rings is 1. The largest absolute Gasteiger partial charge is 0.399 e. The van der Waals surface area contributed by atoms with E-state index >= 15 is 0 Å². The topological polar surface area (TPSA) is 63.4 Å². The fourth-order valence-electron chi connectivity index (χ4n) is 2.33. The van der Waals surface area contributed by atoms with Crippen molar-refractivity contribution in [1.29, 1.82) is 0 Å². The molecule has 1 atom stereocenters. The number of nitrogen functional groups attached to an aromatic ring is 1. The van der Waals surface area contributed by atoms with Crippen LogP contribution in [0.3, 0.4) is 0 Å². The molecule has 1 heterocycles. The zero-order valence-corrected chi connectivity index (χ0v) is 12.1. The SMILES string of the molecule is CC1CCCCN1S(=O)(=O)c1cc(N)cc(Cl)c1F. The molecule has 0 spiro atoms. The zero-order chi connectivity index (χ0) is 14.2. The van der Waals surface area contributed by atoms with Gasteiger partial charge in [-0.2, -0.15) is 4.31 Å². The highest BCUT2D eigenvalue weighted by Crippen LogP contribution is 2.31. The molecule has 0 saturated carbocycles. The van der Waals surface area contributed by atoms with E-state index in [9.17, 15) is 12.8 Å². The summed E-state index contributed by atoms with van der Waals surface area (Å²) in [5.41, 5.74) is 5.69. The summed E-state index contributed by atoms with van der Waals surface area (Å²) in [6, 6.07) is 2.19. The van der Waals surface area contributed by atoms with Crippen LogP contribution in [0.15, 0.2) is 17.0 Å². The molecule has 0 bridgehead atoms. The van der Waals surface area contributed by atoms with Crippen molar-refractivity contribution in [2.45, 2.75) is 37.1 Å². The van der Waals surface area contributed by atoms with Gasteiger partial charge in [0, 0.05) is 18.3 Å². The molecule has 1 unspecified atom stereocenters. The smallest absolute Gasteiger partial charge is 0.246 e. The molecule has 1 aliphatic rings. The molecule has 1 saturated heterocycles. The van der Waals surface area contributed by atoms with Crippen LogP contribution in [-0.4, -0.2) is 25.3 Å². The minimum Gasteiger partial charge on any atom is -0.399 e. The van der Waals surface area contributed by atoms with E-state index in [1.54, 1.807) is 0 Å². The molecular weight excluding hydrogens is 291 g/mol. The highest BCUT2D eigenvalue weighted by atomic mass is 35.5. The molecule has 0 amide bonds. The Morgan fingerprint density at radius 2 is 2.11 bits per heavy atom. The Morgan fingerprint density at radius 1 is 1.42 bits per heavy atom. The van der Waals surface area contributed by atoms with Crippen LogP contribution in [0.25, 0.3) is 0 Å². The Kier molecular flexibility index (Phi) is 4.03. The zero-order valence-electron chi connectivity index (χ0n) is 10.6. The molecule has 1 fully saturated rings. The van der Waals surface area contributed by atoms with Gasteiger partial charge < -0.3 is 5.73 Å². The van der Waals surface area contributed by atoms with Crippen LogP contribution in [0.1, 0.15) is 26.2 Å². The molecule has 4 nitrogen and oxygen atoms in total. The first kappa shape index (κ1) is 14.6. The van der Waals surface area contributed by atoms with Crippen molar-refractivity contribution in [3.05, 3.63) is 23.0 Å². The molecule has 1 aliphatic heterocycles. The van der Waals surface area contributed by atoms with Crippen LogP contribution in [0.2, 0.25) is 5.02 Å². The number of nitrogens with two attached hydrogens (primary N) is 1. The van der Waals surface area contributed by atoms with Crippen molar-refractivity contribution < 1.29 is 12.8 Å². The maximum absolute atomic E-state index is 14.0. The maximum Gasteiger partial charge on any atom is 0.246 e. The van der Waals surface area contributed by atoms with Gasteiger partial charge >= 0.3 is 0 Å². The minimum atomic E-state index is -3.89. The van der Waals surface area contributed by atoms with Crippen molar-refractivity contribution in [1.82, 2.24) is 4.31 Å². The number of halogens is 2. The monoisotopic (exact) mass is 306 g/mol. The van der Waals surface area contributed by atoms with Gasteiger partial charge in [0.05, 0.1) is 5.02 Å². The van der Waals surface area contributed by atoms with Crippen LogP contribution in [-0.2, 0) is 10.0 Å². The predicted octanol–water partition coefficient (Wildman–Crippen LogP) is 2.62. The summed E-state index contributed by atoms with van der Waals surface area (Å²) in [6.07, 6.45) is 2.53. The summed E-state index contributed by atoms with van der Waals surface area (Å²) in [4.78, 5) is -0.439. The van der Waals surface area contributed by atoms with Crippen LogP contribution < -0.4 is 5.73 Å². The fourth-order valence-corrected chi connectivity index (χ4v) is 4.43. The lowest BCUT2D eigenvalue weighted by Gasteiger charge is -2.32. The normalized spacial score (nSPS) is 21.5. The number of nitrogens with zero attached hydrogens (tertiary/aromatic N) is 1. The van der Waals surface area contributed by atoms with Gasteiger partial charge in [-0.1, -0.05) is 18.0 Å². The number of piperidine rings is 1. The van der Waals surface area contributed by atoms with E-state index in [1.807, 2.05) is 6.92 Å². The van der Waals surface area contributed by atoms with E-state index in [0.717, 1.165) is 25.3 Å². The molecule has 0 radical (unpaired) electrons. The Labute approximate surface area is 117 Å². The summed E-state index contributed by atoms with van der Waals surface area (Å²) in [6.45, 7) is 2.22. The molecule has 106 valence electrons. The summed E-state index contributed by atoms with van der Waals surface area (Å²) in [5.74, 6) is -0.936. The third kappa shape index (κ3) is 2.70. The van der Waals surface area contributed by atoms with Crippen LogP contribution >= 0.6 is 11.6 Å². The standard InChI is InChI=1S/C12H16ClFN2O2S/c1-8-4-2-3-5-16(8)19(17,18)11-7-9(15)6-10(13)12(11)14/h6-8H,2-5,15H2,1H3. The van der Waals surface area contributed by atoms with E-state index in [1.165, 1.54) is 10.4 Å². The number of rotatable bonds is 2. The second-order valence-corrected chi connectivity index (χ2v) is 7.04. The molecule has 2 N–H and O–H groups in total. The molecule has 2 rings (SSSR count). The molecular formula is C12H16ClFN2O2S. The number of hydrogen-bond acceptors (Lipinski definition) is 3. The van der Waals surface area contributed by atoms with Crippen molar-refractivity contribution in [2.24, 2.45) is 0 Å². The second kappa shape index (κ2) is 5.26. The number of anilines is 1. The quantitative estimate of drug-likeness (QED) is 0.854. The van der Waals surface area contributed by atoms with E-state index in [0.29, 0.717) is 6.54 Å². The Bertz CT molecular complexity index is 592. The summed E-state index contributed by atoms with van der Waals surface area (Å²) < 4.78 is 40.3. The van der Waals surface area contributed by atoms with Crippen LogP contribution in [0, 0.1) is 5.82 Å². The molecule has 0 aliphatic carbocycles. The third-order valence-corrected chi connectivity index (χ3v) is 5.63. The Morgan fingerprint density at radius 3 is 2.74 bits per heavy atom. The van der Waals surface area contributed by atoms with Crippen LogP contribution in [0.5, 0.6) is 0 Å². The average molecular weight is 307 g/mol. The first-order valence-corrected chi connectivity index (χ1v) is 7.92. The molecule has 19 heavy (non-hydrogen) atoms. The van der Waals surface area contributed by atoms with Crippen molar-refractivity contribution in [2.75, 3.05) is 12.3 Å². The third-order valence-electron chi connectivity index (χ3n) is 3.35. The lowest BCUT2D eigenvalue weighted by Crippen LogP contribution is -2.42. The van der Waals surface area contributed by atoms with Gasteiger partial charge in [-0.15, -0.1) is 0 Å². The van der Waals surface area contributed by atoms with Crippen LogP contribution in [0.4, 0.5) is 10.1 Å². The fraction of sp³-hybridized carbons (Fsp3) is 0.500. The highest BCUT2D eigenvalue weighted by Gasteiger charge is 2.33. The van der Waals surface area contributed by atoms with Crippen molar-refractivity contribution >= 4 is 27.3 Å². The number of hydrogen-bond donors (Lipinski definition) is 1. The summed E-state index contributed by atoms with van der Waals surface area (Å²) in [5, 5.41) is -0.275. The average Bonchev–Trinajstić information content (AvgIpc) is 2.34.